The van der Waals surface area contributed by atoms with Gasteiger partial charge in [0.05, 0.1) is 6.10 Å². The Bertz CT molecular complexity index is 312. The molecule has 1 aliphatic carbocycles. The Labute approximate surface area is 128 Å². The molecular formula is C15H29ClN2O2. The molecule has 20 heavy (non-hydrogen) atoms. The van der Waals surface area contributed by atoms with Crippen molar-refractivity contribution in [3.8, 4) is 0 Å². The van der Waals surface area contributed by atoms with Crippen molar-refractivity contribution in [2.45, 2.75) is 58.1 Å². The molecule has 1 aliphatic heterocycles. The molecular weight excluding hydrogens is 276 g/mol. The molecule has 1 saturated heterocycles. The summed E-state index contributed by atoms with van der Waals surface area (Å²) in [5, 5.41) is 3.08. The highest BCUT2D eigenvalue weighted by Gasteiger charge is 2.31. The highest BCUT2D eigenvalue weighted by atomic mass is 35.5. The van der Waals surface area contributed by atoms with Crippen LogP contribution >= 0.6 is 12.4 Å². The number of nitrogens with one attached hydrogen (secondary N) is 1. The van der Waals surface area contributed by atoms with E-state index >= 15 is 0 Å². The third-order valence-corrected chi connectivity index (χ3v) is 4.65. The van der Waals surface area contributed by atoms with Gasteiger partial charge in [-0.25, -0.2) is 0 Å². The van der Waals surface area contributed by atoms with Gasteiger partial charge in [0.1, 0.15) is 0 Å². The molecule has 2 aliphatic rings. The molecule has 2 fully saturated rings. The van der Waals surface area contributed by atoms with Gasteiger partial charge in [0.25, 0.3) is 0 Å². The number of hydrogen-bond acceptors (Lipinski definition) is 3. The van der Waals surface area contributed by atoms with Gasteiger partial charge in [-0.2, -0.15) is 0 Å². The fourth-order valence-corrected chi connectivity index (χ4v) is 3.49. The van der Waals surface area contributed by atoms with Crippen LogP contribution in [0.2, 0.25) is 0 Å². The lowest BCUT2D eigenvalue weighted by Crippen LogP contribution is -2.37. The summed E-state index contributed by atoms with van der Waals surface area (Å²) in [5.74, 6) is 1.55. The van der Waals surface area contributed by atoms with E-state index in [1.165, 1.54) is 6.42 Å². The minimum Gasteiger partial charge on any atom is -0.378 e. The fraction of sp³-hybridized carbons (Fsp3) is 0.933. The number of ether oxygens (including phenoxy) is 1. The van der Waals surface area contributed by atoms with Crippen LogP contribution < -0.4 is 11.1 Å². The van der Waals surface area contributed by atoms with E-state index in [2.05, 4.69) is 19.2 Å². The van der Waals surface area contributed by atoms with Crippen molar-refractivity contribution >= 4 is 18.3 Å². The summed E-state index contributed by atoms with van der Waals surface area (Å²) in [5.41, 5.74) is 6.01. The molecule has 2 rings (SSSR count). The Balaban J connectivity index is 0.00000200. The third kappa shape index (κ3) is 4.61. The first-order valence-corrected chi connectivity index (χ1v) is 7.71. The quantitative estimate of drug-likeness (QED) is 0.817. The molecule has 3 N–H and O–H groups in total. The van der Waals surface area contributed by atoms with E-state index in [0.29, 0.717) is 30.3 Å². The summed E-state index contributed by atoms with van der Waals surface area (Å²) in [4.78, 5) is 12.0. The molecule has 0 radical (unpaired) electrons. The first kappa shape index (κ1) is 17.7. The second-order valence-electron chi connectivity index (χ2n) is 6.49. The zero-order chi connectivity index (χ0) is 13.8. The van der Waals surface area contributed by atoms with Crippen LogP contribution in [0.5, 0.6) is 0 Å². The Morgan fingerprint density at radius 3 is 2.65 bits per heavy atom. The first-order chi connectivity index (χ1) is 9.08. The molecule has 5 heteroatoms. The van der Waals surface area contributed by atoms with Gasteiger partial charge in [-0.3, -0.25) is 4.79 Å². The molecule has 1 heterocycles. The Morgan fingerprint density at radius 2 is 2.05 bits per heavy atom. The highest BCUT2D eigenvalue weighted by molar-refractivity contribution is 5.85. The van der Waals surface area contributed by atoms with Crippen LogP contribution in [-0.2, 0) is 9.53 Å². The van der Waals surface area contributed by atoms with Gasteiger partial charge < -0.3 is 15.8 Å². The van der Waals surface area contributed by atoms with Crippen LogP contribution in [0.3, 0.4) is 0 Å². The van der Waals surface area contributed by atoms with Gasteiger partial charge in [0.15, 0.2) is 0 Å². The molecule has 2 unspecified atom stereocenters. The zero-order valence-corrected chi connectivity index (χ0v) is 13.5. The number of carbonyl (C=O) groups is 1. The van der Waals surface area contributed by atoms with Crippen molar-refractivity contribution in [3.05, 3.63) is 0 Å². The maximum absolute atomic E-state index is 12.0. The Kier molecular flexibility index (Phi) is 7.27. The van der Waals surface area contributed by atoms with Gasteiger partial charge >= 0.3 is 0 Å². The van der Waals surface area contributed by atoms with E-state index in [0.717, 1.165) is 32.4 Å². The van der Waals surface area contributed by atoms with Crippen LogP contribution in [0, 0.1) is 17.8 Å². The molecule has 0 bridgehead atoms. The van der Waals surface area contributed by atoms with Gasteiger partial charge in [-0.1, -0.05) is 20.3 Å². The lowest BCUT2D eigenvalue weighted by Gasteiger charge is -2.22. The molecule has 1 saturated carbocycles. The van der Waals surface area contributed by atoms with Crippen LogP contribution in [0.25, 0.3) is 0 Å². The average molecular weight is 305 g/mol. The molecule has 118 valence electrons. The Morgan fingerprint density at radius 1 is 1.30 bits per heavy atom. The largest absolute Gasteiger partial charge is 0.378 e. The number of hydrogen-bond donors (Lipinski definition) is 2. The summed E-state index contributed by atoms with van der Waals surface area (Å²) in [6.07, 6.45) is 5.31. The molecule has 0 spiro atoms. The average Bonchev–Trinajstić information content (AvgIpc) is 2.96. The van der Waals surface area contributed by atoms with Crippen LogP contribution in [0.1, 0.15) is 46.0 Å². The van der Waals surface area contributed by atoms with E-state index < -0.39 is 0 Å². The first-order valence-electron chi connectivity index (χ1n) is 7.71. The van der Waals surface area contributed by atoms with E-state index in [-0.39, 0.29) is 24.4 Å². The number of amides is 1. The molecule has 4 atom stereocenters. The maximum atomic E-state index is 12.0. The third-order valence-electron chi connectivity index (χ3n) is 4.65. The van der Waals surface area contributed by atoms with Gasteiger partial charge in [0, 0.05) is 31.5 Å². The van der Waals surface area contributed by atoms with Crippen molar-refractivity contribution in [2.75, 3.05) is 13.2 Å². The van der Waals surface area contributed by atoms with Crippen molar-refractivity contribution in [1.82, 2.24) is 5.32 Å². The molecule has 0 aromatic heterocycles. The fourth-order valence-electron chi connectivity index (χ4n) is 3.49. The van der Waals surface area contributed by atoms with Gasteiger partial charge in [0.2, 0.25) is 5.91 Å². The van der Waals surface area contributed by atoms with Gasteiger partial charge in [-0.15, -0.1) is 12.4 Å². The van der Waals surface area contributed by atoms with E-state index in [4.69, 9.17) is 10.5 Å². The van der Waals surface area contributed by atoms with E-state index in [1.54, 1.807) is 0 Å². The van der Waals surface area contributed by atoms with E-state index in [9.17, 15) is 4.79 Å². The van der Waals surface area contributed by atoms with Crippen LogP contribution in [0.15, 0.2) is 0 Å². The van der Waals surface area contributed by atoms with E-state index in [1.807, 2.05) is 0 Å². The Hall–Kier alpha value is -0.320. The number of rotatable bonds is 5. The highest BCUT2D eigenvalue weighted by Crippen LogP contribution is 2.28. The lowest BCUT2D eigenvalue weighted by molar-refractivity contribution is -0.122. The number of halogens is 1. The molecule has 0 aromatic carbocycles. The second-order valence-corrected chi connectivity index (χ2v) is 6.49. The normalized spacial score (nSPS) is 33.2. The number of carbonyl (C=O) groups excluding carboxylic acids is 1. The SMILES string of the molecule is CC(C)C1OCCC1CNC(=O)C[C@@H]1CCC[C@H]1N.Cl. The summed E-state index contributed by atoms with van der Waals surface area (Å²) in [6.45, 7) is 5.95. The smallest absolute Gasteiger partial charge is 0.220 e. The van der Waals surface area contributed by atoms with Crippen molar-refractivity contribution in [1.29, 1.82) is 0 Å². The number of nitrogens with two attached hydrogens (primary N) is 1. The molecule has 4 nitrogen and oxygen atoms in total. The van der Waals surface area contributed by atoms with Crippen molar-refractivity contribution < 1.29 is 9.53 Å². The minimum atomic E-state index is 0. The molecule has 0 aromatic rings. The van der Waals surface area contributed by atoms with Crippen LogP contribution in [-0.4, -0.2) is 31.2 Å². The minimum absolute atomic E-state index is 0. The predicted molar refractivity (Wildman–Crippen MR) is 82.9 cm³/mol. The van der Waals surface area contributed by atoms with Crippen LogP contribution in [0.4, 0.5) is 0 Å². The maximum Gasteiger partial charge on any atom is 0.220 e. The predicted octanol–water partition coefficient (Wildman–Crippen LogP) is 2.10. The summed E-state index contributed by atoms with van der Waals surface area (Å²) in [6, 6.07) is 0.226. The molecule has 1 amide bonds. The van der Waals surface area contributed by atoms with Crippen molar-refractivity contribution in [3.63, 3.8) is 0 Å². The lowest BCUT2D eigenvalue weighted by atomic mass is 9.93. The summed E-state index contributed by atoms with van der Waals surface area (Å²) in [7, 11) is 0. The summed E-state index contributed by atoms with van der Waals surface area (Å²) < 4.78 is 5.74. The second kappa shape index (κ2) is 8.20. The zero-order valence-electron chi connectivity index (χ0n) is 12.6. The topological polar surface area (TPSA) is 64.3 Å². The monoisotopic (exact) mass is 304 g/mol. The van der Waals surface area contributed by atoms with Crippen molar-refractivity contribution in [2.24, 2.45) is 23.5 Å². The van der Waals surface area contributed by atoms with Gasteiger partial charge in [-0.05, 0) is 31.1 Å². The standard InChI is InChI=1S/C15H28N2O2.ClH/c1-10(2)15-12(6-7-19-15)9-17-14(18)8-11-4-3-5-13(11)16;/h10-13,15H,3-9,16H2,1-2H3,(H,17,18);1H/t11-,12?,13+,15?;/m0./s1. The summed E-state index contributed by atoms with van der Waals surface area (Å²) >= 11 is 0.